The van der Waals surface area contributed by atoms with Gasteiger partial charge in [0.25, 0.3) is 10.0 Å². The summed E-state index contributed by atoms with van der Waals surface area (Å²) in [6, 6.07) is 0. The predicted octanol–water partition coefficient (Wildman–Crippen LogP) is -0.952. The van der Waals surface area contributed by atoms with Crippen LogP contribution in [0, 0.1) is 0 Å². The number of carbonyl (C=O) groups is 2. The summed E-state index contributed by atoms with van der Waals surface area (Å²) < 4.78 is 36.2. The fourth-order valence-corrected chi connectivity index (χ4v) is 2.42. The summed E-state index contributed by atoms with van der Waals surface area (Å²) in [6.07, 6.45) is 1.23. The molecule has 0 unspecified atom stereocenters. The van der Waals surface area contributed by atoms with Crippen molar-refractivity contribution < 1.29 is 27.5 Å². The van der Waals surface area contributed by atoms with Crippen LogP contribution in [0.4, 0.5) is 0 Å². The molecule has 10 heteroatoms. The van der Waals surface area contributed by atoms with Gasteiger partial charge in [0.1, 0.15) is 12.1 Å². The summed E-state index contributed by atoms with van der Waals surface area (Å²) in [5.41, 5.74) is -0.202. The van der Waals surface area contributed by atoms with Gasteiger partial charge in [0.05, 0.1) is 13.7 Å². The number of carbonyl (C=O) groups excluding carboxylic acids is 2. The van der Waals surface area contributed by atoms with Gasteiger partial charge in [-0.25, -0.2) is 13.2 Å². The Morgan fingerprint density at radius 1 is 1.45 bits per heavy atom. The van der Waals surface area contributed by atoms with Crippen LogP contribution < -0.4 is 4.72 Å². The van der Waals surface area contributed by atoms with Crippen molar-refractivity contribution in [1.29, 1.82) is 0 Å². The molecule has 112 valence electrons. The second kappa shape index (κ2) is 6.48. The molecule has 0 bridgehead atoms. The molecule has 0 fully saturated rings. The van der Waals surface area contributed by atoms with Gasteiger partial charge in [0.15, 0.2) is 0 Å². The van der Waals surface area contributed by atoms with Gasteiger partial charge < -0.3 is 9.47 Å². The summed E-state index contributed by atoms with van der Waals surface area (Å²) >= 11 is 0. The summed E-state index contributed by atoms with van der Waals surface area (Å²) in [6.45, 7) is 1.14. The van der Waals surface area contributed by atoms with Gasteiger partial charge in [-0.05, 0) is 6.92 Å². The fourth-order valence-electron chi connectivity index (χ4n) is 1.31. The van der Waals surface area contributed by atoms with Crippen LogP contribution in [0.15, 0.2) is 11.2 Å². The highest BCUT2D eigenvalue weighted by atomic mass is 32.2. The van der Waals surface area contributed by atoms with Crippen LogP contribution >= 0.6 is 0 Å². The average Bonchev–Trinajstić information content (AvgIpc) is 2.79. The van der Waals surface area contributed by atoms with Gasteiger partial charge in [-0.15, -0.1) is 0 Å². The van der Waals surface area contributed by atoms with Gasteiger partial charge in [0, 0.05) is 13.2 Å². The second-order valence-corrected chi connectivity index (χ2v) is 5.32. The monoisotopic (exact) mass is 305 g/mol. The van der Waals surface area contributed by atoms with Crippen LogP contribution in [0.3, 0.4) is 0 Å². The Balaban J connectivity index is 3.06. The highest BCUT2D eigenvalue weighted by Crippen LogP contribution is 2.14. The first-order chi connectivity index (χ1) is 9.31. The summed E-state index contributed by atoms with van der Waals surface area (Å²) in [7, 11) is -1.54. The van der Waals surface area contributed by atoms with Crippen molar-refractivity contribution >= 4 is 22.0 Å². The Morgan fingerprint density at radius 3 is 2.65 bits per heavy atom. The maximum atomic E-state index is 12.0. The van der Waals surface area contributed by atoms with Crippen molar-refractivity contribution in [3.05, 3.63) is 11.8 Å². The number of methoxy groups -OCH3 is 1. The zero-order valence-corrected chi connectivity index (χ0v) is 12.1. The molecule has 0 saturated carbocycles. The zero-order chi connectivity index (χ0) is 15.3. The Kier molecular flexibility index (Phi) is 5.22. The number of ether oxygens (including phenoxy) is 2. The Labute approximate surface area is 115 Å². The average molecular weight is 305 g/mol. The third-order valence-electron chi connectivity index (χ3n) is 2.18. The number of hydrogen-bond donors (Lipinski definition) is 1. The van der Waals surface area contributed by atoms with Crippen LogP contribution in [0.2, 0.25) is 0 Å². The molecular weight excluding hydrogens is 290 g/mol. The third kappa shape index (κ3) is 3.78. The standard InChI is InChI=1S/C10H15N3O6S/c1-4-19-10(15)7-6-13(2)12-9(7)20(16,17)11-5-8(14)18-3/h6,11H,4-5H2,1-3H3. The van der Waals surface area contributed by atoms with Crippen molar-refractivity contribution in [3.63, 3.8) is 0 Å². The minimum absolute atomic E-state index is 0.100. The van der Waals surface area contributed by atoms with E-state index in [0.29, 0.717) is 0 Å². The lowest BCUT2D eigenvalue weighted by Crippen LogP contribution is -2.31. The number of aromatic nitrogens is 2. The predicted molar refractivity (Wildman–Crippen MR) is 66.4 cm³/mol. The highest BCUT2D eigenvalue weighted by molar-refractivity contribution is 7.89. The molecule has 9 nitrogen and oxygen atoms in total. The minimum Gasteiger partial charge on any atom is -0.468 e. The Morgan fingerprint density at radius 2 is 2.10 bits per heavy atom. The largest absolute Gasteiger partial charge is 0.468 e. The van der Waals surface area contributed by atoms with E-state index in [1.165, 1.54) is 17.9 Å². The number of esters is 2. The lowest BCUT2D eigenvalue weighted by atomic mass is 10.4. The molecule has 0 spiro atoms. The van der Waals surface area contributed by atoms with Crippen molar-refractivity contribution in [3.8, 4) is 0 Å². The maximum Gasteiger partial charge on any atom is 0.342 e. The quantitative estimate of drug-likeness (QED) is 0.673. The molecule has 1 aromatic heterocycles. The van der Waals surface area contributed by atoms with E-state index in [1.807, 2.05) is 4.72 Å². The lowest BCUT2D eigenvalue weighted by Gasteiger charge is -2.05. The van der Waals surface area contributed by atoms with Crippen LogP contribution in [0.1, 0.15) is 17.3 Å². The Bertz CT molecular complexity index is 607. The molecule has 1 heterocycles. The van der Waals surface area contributed by atoms with Crippen LogP contribution in [0.25, 0.3) is 0 Å². The molecule has 0 aliphatic carbocycles. The van der Waals surface area contributed by atoms with Gasteiger partial charge in [-0.3, -0.25) is 9.48 Å². The molecule has 20 heavy (non-hydrogen) atoms. The fraction of sp³-hybridized carbons (Fsp3) is 0.500. The van der Waals surface area contributed by atoms with E-state index in [0.717, 1.165) is 7.11 Å². The normalized spacial score (nSPS) is 11.2. The molecule has 0 radical (unpaired) electrons. The number of nitrogens with zero attached hydrogens (tertiary/aromatic N) is 2. The first kappa shape index (κ1) is 16.1. The van der Waals surface area contributed by atoms with E-state index < -0.39 is 33.5 Å². The second-order valence-electron chi connectivity index (χ2n) is 3.64. The van der Waals surface area contributed by atoms with Crippen LogP contribution in [-0.4, -0.2) is 50.4 Å². The summed E-state index contributed by atoms with van der Waals surface area (Å²) in [5.74, 6) is -1.57. The number of sulfonamides is 1. The van der Waals surface area contributed by atoms with Crippen molar-refractivity contribution in [2.45, 2.75) is 11.9 Å². The van der Waals surface area contributed by atoms with E-state index in [4.69, 9.17) is 4.74 Å². The molecule has 0 atom stereocenters. The zero-order valence-electron chi connectivity index (χ0n) is 11.2. The van der Waals surface area contributed by atoms with Crippen molar-refractivity contribution in [1.82, 2.24) is 14.5 Å². The molecular formula is C10H15N3O6S. The molecule has 0 amide bonds. The molecule has 1 aromatic rings. The topological polar surface area (TPSA) is 117 Å². The van der Waals surface area contributed by atoms with Gasteiger partial charge in [0.2, 0.25) is 5.03 Å². The first-order valence-electron chi connectivity index (χ1n) is 5.59. The first-order valence-corrected chi connectivity index (χ1v) is 7.07. The Hall–Kier alpha value is -1.94. The van der Waals surface area contributed by atoms with E-state index in [-0.39, 0.29) is 12.2 Å². The van der Waals surface area contributed by atoms with Crippen molar-refractivity contribution in [2.75, 3.05) is 20.3 Å². The maximum absolute atomic E-state index is 12.0. The van der Waals surface area contributed by atoms with E-state index in [2.05, 4.69) is 9.84 Å². The number of hydrogen-bond acceptors (Lipinski definition) is 7. The van der Waals surface area contributed by atoms with E-state index >= 15 is 0 Å². The molecule has 1 rings (SSSR count). The minimum atomic E-state index is -4.12. The van der Waals surface area contributed by atoms with Gasteiger partial charge in [-0.2, -0.15) is 9.82 Å². The SMILES string of the molecule is CCOC(=O)c1cn(C)nc1S(=O)(=O)NCC(=O)OC. The number of rotatable bonds is 6. The van der Waals surface area contributed by atoms with Gasteiger partial charge in [-0.1, -0.05) is 0 Å². The van der Waals surface area contributed by atoms with Gasteiger partial charge >= 0.3 is 11.9 Å². The van der Waals surface area contributed by atoms with E-state index in [1.54, 1.807) is 6.92 Å². The molecule has 0 saturated heterocycles. The summed E-state index contributed by atoms with van der Waals surface area (Å²) in [5, 5.41) is 3.20. The van der Waals surface area contributed by atoms with E-state index in [9.17, 15) is 18.0 Å². The van der Waals surface area contributed by atoms with Crippen LogP contribution in [0.5, 0.6) is 0 Å². The van der Waals surface area contributed by atoms with Crippen molar-refractivity contribution in [2.24, 2.45) is 7.05 Å². The third-order valence-corrected chi connectivity index (χ3v) is 3.51. The highest BCUT2D eigenvalue weighted by Gasteiger charge is 2.28. The smallest absolute Gasteiger partial charge is 0.342 e. The lowest BCUT2D eigenvalue weighted by molar-refractivity contribution is -0.139. The molecule has 0 aliphatic heterocycles. The summed E-state index contributed by atoms with van der Waals surface area (Å²) in [4.78, 5) is 22.6. The number of nitrogens with one attached hydrogen (secondary N) is 1. The number of aryl methyl sites for hydroxylation is 1. The molecule has 0 aliphatic rings. The molecule has 0 aromatic carbocycles. The van der Waals surface area contributed by atoms with Crippen LogP contribution in [-0.2, 0) is 31.3 Å². The molecule has 1 N–H and O–H groups in total.